The quantitative estimate of drug-likeness (QED) is 0.655. The van der Waals surface area contributed by atoms with Crippen LogP contribution < -0.4 is 21.9 Å². The summed E-state index contributed by atoms with van der Waals surface area (Å²) >= 11 is 1.41. The molecule has 0 aliphatic rings. The second-order valence-corrected chi connectivity index (χ2v) is 6.95. The summed E-state index contributed by atoms with van der Waals surface area (Å²) in [4.78, 5) is 41.3. The van der Waals surface area contributed by atoms with Gasteiger partial charge in [0.2, 0.25) is 0 Å². The Bertz CT molecular complexity index is 839. The highest BCUT2D eigenvalue weighted by Gasteiger charge is 2.25. The summed E-state index contributed by atoms with van der Waals surface area (Å²) in [5, 5.41) is 3.56. The van der Waals surface area contributed by atoms with Gasteiger partial charge in [0.25, 0.3) is 11.5 Å². The van der Waals surface area contributed by atoms with E-state index in [0.717, 1.165) is 32.1 Å². The number of hydrogen-bond donors (Lipinski definition) is 2. The number of hydrogen-bond acceptors (Lipinski definition) is 5. The van der Waals surface area contributed by atoms with Gasteiger partial charge in [-0.15, -0.1) is 0 Å². The van der Waals surface area contributed by atoms with Crippen molar-refractivity contribution < 1.29 is 4.79 Å². The molecular formula is C18H26N4O3S. The number of carbonyl (C=O) groups excluding carboxylic acids is 1. The fraction of sp³-hybridized carbons (Fsp3) is 0.500. The summed E-state index contributed by atoms with van der Waals surface area (Å²) in [6.07, 6.45) is 4.31. The first-order valence-electron chi connectivity index (χ1n) is 8.97. The van der Waals surface area contributed by atoms with E-state index >= 15 is 0 Å². The monoisotopic (exact) mass is 378 g/mol. The molecule has 0 unspecified atom stereocenters. The van der Waals surface area contributed by atoms with Gasteiger partial charge in [-0.25, -0.2) is 4.79 Å². The fourth-order valence-electron chi connectivity index (χ4n) is 2.75. The lowest BCUT2D eigenvalue weighted by Crippen LogP contribution is -2.41. The molecule has 26 heavy (non-hydrogen) atoms. The lowest BCUT2D eigenvalue weighted by Gasteiger charge is -2.24. The van der Waals surface area contributed by atoms with Crippen LogP contribution >= 0.6 is 11.3 Å². The topological polar surface area (TPSA) is 101 Å². The molecule has 0 atom stereocenters. The highest BCUT2D eigenvalue weighted by Crippen LogP contribution is 2.21. The smallest absolute Gasteiger partial charge is 0.330 e. The number of nitrogens with two attached hydrogens (primary N) is 1. The molecule has 0 saturated heterocycles. The van der Waals surface area contributed by atoms with Gasteiger partial charge in [-0.05, 0) is 24.3 Å². The summed E-state index contributed by atoms with van der Waals surface area (Å²) in [6, 6.07) is 1.72. The fourth-order valence-corrected chi connectivity index (χ4v) is 3.38. The van der Waals surface area contributed by atoms with E-state index in [-0.39, 0.29) is 17.4 Å². The molecule has 7 nitrogen and oxygen atoms in total. The predicted molar refractivity (Wildman–Crippen MR) is 106 cm³/mol. The van der Waals surface area contributed by atoms with Crippen molar-refractivity contribution in [3.63, 3.8) is 0 Å². The molecule has 0 bridgehead atoms. The Labute approximate surface area is 156 Å². The normalized spacial score (nSPS) is 10.8. The van der Waals surface area contributed by atoms with Crippen molar-refractivity contribution in [2.45, 2.75) is 52.5 Å². The first-order valence-corrected chi connectivity index (χ1v) is 9.92. The van der Waals surface area contributed by atoms with Gasteiger partial charge in [0, 0.05) is 18.5 Å². The average Bonchev–Trinajstić information content (AvgIpc) is 3.14. The number of unbranched alkanes of at least 4 members (excludes halogenated alkanes) is 3. The number of anilines is 2. The molecule has 2 aromatic heterocycles. The highest BCUT2D eigenvalue weighted by molar-refractivity contribution is 7.08. The van der Waals surface area contributed by atoms with Crippen molar-refractivity contribution in [3.8, 4) is 0 Å². The third kappa shape index (κ3) is 4.43. The van der Waals surface area contributed by atoms with Crippen LogP contribution in [-0.4, -0.2) is 22.0 Å². The second kappa shape index (κ2) is 9.38. The van der Waals surface area contributed by atoms with Crippen molar-refractivity contribution in [3.05, 3.63) is 43.2 Å². The van der Waals surface area contributed by atoms with Gasteiger partial charge in [0.05, 0.1) is 5.56 Å². The van der Waals surface area contributed by atoms with Crippen LogP contribution in [0.1, 0.15) is 56.3 Å². The number of rotatable bonds is 9. The number of nitrogens with one attached hydrogen (secondary N) is 1. The van der Waals surface area contributed by atoms with Crippen LogP contribution in [0.2, 0.25) is 0 Å². The number of nitrogens with zero attached hydrogens (tertiary/aromatic N) is 2. The number of H-pyrrole nitrogens is 1. The Balaban J connectivity index is 2.50. The van der Waals surface area contributed by atoms with Gasteiger partial charge in [0.15, 0.2) is 5.69 Å². The van der Waals surface area contributed by atoms with E-state index in [1.807, 2.05) is 12.3 Å². The first kappa shape index (κ1) is 20.0. The molecule has 0 saturated carbocycles. The lowest BCUT2D eigenvalue weighted by molar-refractivity contribution is 0.0986. The predicted octanol–water partition coefficient (Wildman–Crippen LogP) is 2.82. The molecule has 3 N–H and O–H groups in total. The third-order valence-electron chi connectivity index (χ3n) is 4.22. The molecule has 0 aliphatic heterocycles. The summed E-state index contributed by atoms with van der Waals surface area (Å²) in [5.74, 6) is -0.229. The number of nitrogen functional groups attached to an aromatic ring is 1. The molecule has 0 aliphatic carbocycles. The Morgan fingerprint density at radius 1 is 1.23 bits per heavy atom. The van der Waals surface area contributed by atoms with Crippen LogP contribution in [0.4, 0.5) is 11.5 Å². The van der Waals surface area contributed by atoms with Gasteiger partial charge in [-0.3, -0.25) is 19.1 Å². The van der Waals surface area contributed by atoms with Crippen LogP contribution in [0.25, 0.3) is 0 Å². The Hall–Kier alpha value is -2.35. The minimum absolute atomic E-state index is 0.0484. The SMILES string of the molecule is CCCCCN(C(=O)c1ccsc1)c1c(N)n(CCCC)c(=O)[nH]c1=O. The molecule has 0 spiro atoms. The molecule has 2 heterocycles. The molecule has 0 radical (unpaired) electrons. The minimum Gasteiger partial charge on any atom is -0.383 e. The van der Waals surface area contributed by atoms with Crippen LogP contribution in [0.3, 0.4) is 0 Å². The molecule has 8 heteroatoms. The number of carbonyl (C=O) groups is 1. The van der Waals surface area contributed by atoms with Crippen LogP contribution in [0.5, 0.6) is 0 Å². The van der Waals surface area contributed by atoms with Crippen LogP contribution in [-0.2, 0) is 6.54 Å². The first-order chi connectivity index (χ1) is 12.5. The van der Waals surface area contributed by atoms with E-state index in [0.29, 0.717) is 18.7 Å². The van der Waals surface area contributed by atoms with Crippen molar-refractivity contribution in [1.29, 1.82) is 0 Å². The molecular weight excluding hydrogens is 352 g/mol. The maximum Gasteiger partial charge on any atom is 0.330 e. The van der Waals surface area contributed by atoms with Gasteiger partial charge in [0.1, 0.15) is 5.82 Å². The number of amides is 1. The van der Waals surface area contributed by atoms with Gasteiger partial charge in [-0.1, -0.05) is 33.1 Å². The van der Waals surface area contributed by atoms with Crippen LogP contribution in [0.15, 0.2) is 26.4 Å². The zero-order chi connectivity index (χ0) is 19.1. The van der Waals surface area contributed by atoms with E-state index < -0.39 is 11.2 Å². The van der Waals surface area contributed by atoms with E-state index in [1.165, 1.54) is 20.8 Å². The third-order valence-corrected chi connectivity index (χ3v) is 4.90. The molecule has 2 rings (SSSR count). The zero-order valence-electron chi connectivity index (χ0n) is 15.3. The van der Waals surface area contributed by atoms with E-state index in [9.17, 15) is 14.4 Å². The Kier molecular flexibility index (Phi) is 7.20. The lowest BCUT2D eigenvalue weighted by atomic mass is 10.2. The summed E-state index contributed by atoms with van der Waals surface area (Å²) < 4.78 is 1.34. The van der Waals surface area contributed by atoms with E-state index in [2.05, 4.69) is 11.9 Å². The van der Waals surface area contributed by atoms with Crippen molar-refractivity contribution in [2.24, 2.45) is 0 Å². The van der Waals surface area contributed by atoms with Crippen LogP contribution in [0, 0.1) is 0 Å². The molecule has 142 valence electrons. The van der Waals surface area contributed by atoms with Gasteiger partial charge in [-0.2, -0.15) is 11.3 Å². The molecule has 0 fully saturated rings. The standard InChI is InChI=1S/C18H26N4O3S/c1-3-5-7-10-21(17(24)13-8-11-26-12-13)14-15(19)22(9-6-4-2)18(25)20-16(14)23/h8,11-12H,3-7,9-10,19H2,1-2H3,(H,20,23,25). The van der Waals surface area contributed by atoms with Crippen molar-refractivity contribution in [1.82, 2.24) is 9.55 Å². The summed E-state index contributed by atoms with van der Waals surface area (Å²) in [6.45, 7) is 4.85. The Morgan fingerprint density at radius 2 is 1.96 bits per heavy atom. The Morgan fingerprint density at radius 3 is 2.58 bits per heavy atom. The largest absolute Gasteiger partial charge is 0.383 e. The number of aromatic nitrogens is 2. The maximum atomic E-state index is 13.0. The zero-order valence-corrected chi connectivity index (χ0v) is 16.1. The van der Waals surface area contributed by atoms with Gasteiger partial charge >= 0.3 is 5.69 Å². The maximum absolute atomic E-state index is 13.0. The van der Waals surface area contributed by atoms with Crippen molar-refractivity contribution in [2.75, 3.05) is 17.2 Å². The molecule has 1 amide bonds. The summed E-state index contributed by atoms with van der Waals surface area (Å²) in [5.41, 5.74) is 5.58. The van der Waals surface area contributed by atoms with Gasteiger partial charge < -0.3 is 10.6 Å². The minimum atomic E-state index is -0.625. The molecule has 0 aromatic carbocycles. The average molecular weight is 378 g/mol. The number of thiophene rings is 1. The second-order valence-electron chi connectivity index (χ2n) is 6.17. The van der Waals surface area contributed by atoms with Crippen molar-refractivity contribution >= 4 is 28.7 Å². The number of aromatic amines is 1. The highest BCUT2D eigenvalue weighted by atomic mass is 32.1. The van der Waals surface area contributed by atoms with E-state index in [1.54, 1.807) is 11.4 Å². The van der Waals surface area contributed by atoms with E-state index in [4.69, 9.17) is 5.73 Å². The summed E-state index contributed by atoms with van der Waals surface area (Å²) in [7, 11) is 0. The molecule has 2 aromatic rings.